The largest absolute Gasteiger partial charge is 0.496 e. The molecule has 0 radical (unpaired) electrons. The molecule has 0 aliphatic rings. The summed E-state index contributed by atoms with van der Waals surface area (Å²) < 4.78 is 5.29. The van der Waals surface area contributed by atoms with Crippen LogP contribution >= 0.6 is 0 Å². The van der Waals surface area contributed by atoms with Gasteiger partial charge in [-0.05, 0) is 29.3 Å². The van der Waals surface area contributed by atoms with Crippen LogP contribution in [0.4, 0.5) is 0 Å². The second-order valence-electron chi connectivity index (χ2n) is 7.39. The first-order chi connectivity index (χ1) is 16.6. The molecule has 1 atom stereocenters. The number of hydrogen-bond donors (Lipinski definition) is 4. The second-order valence-corrected chi connectivity index (χ2v) is 7.39. The van der Waals surface area contributed by atoms with Crippen molar-refractivity contribution in [2.75, 3.05) is 13.7 Å². The zero-order chi connectivity index (χ0) is 24.2. The van der Waals surface area contributed by atoms with E-state index >= 15 is 0 Å². The molecule has 3 rings (SSSR count). The topological polar surface area (TPSA) is 131 Å². The number of pyridine rings is 1. The van der Waals surface area contributed by atoms with Crippen LogP contribution in [0.15, 0.2) is 78.0 Å². The van der Waals surface area contributed by atoms with Gasteiger partial charge in [-0.15, -0.1) is 0 Å². The zero-order valence-corrected chi connectivity index (χ0v) is 18.9. The maximum absolute atomic E-state index is 12.9. The lowest BCUT2D eigenvalue weighted by Crippen LogP contribution is -2.42. The van der Waals surface area contributed by atoms with Gasteiger partial charge in [-0.3, -0.25) is 19.9 Å². The van der Waals surface area contributed by atoms with Gasteiger partial charge in [-0.1, -0.05) is 48.5 Å². The molecule has 0 aliphatic heterocycles. The first kappa shape index (κ1) is 24.4. The second kappa shape index (κ2) is 12.7. The highest BCUT2D eigenvalue weighted by molar-refractivity contribution is 5.88. The van der Waals surface area contributed by atoms with Crippen molar-refractivity contribution in [2.45, 2.75) is 19.1 Å². The van der Waals surface area contributed by atoms with E-state index in [4.69, 9.17) is 10.6 Å². The van der Waals surface area contributed by atoms with Crippen molar-refractivity contribution in [1.29, 1.82) is 0 Å². The first-order valence-electron chi connectivity index (χ1n) is 10.7. The molecular weight excluding hydrogens is 432 g/mol. The van der Waals surface area contributed by atoms with Crippen LogP contribution in [0.1, 0.15) is 28.4 Å². The number of para-hydroxylation sites is 1. The summed E-state index contributed by atoms with van der Waals surface area (Å²) in [4.78, 5) is 29.6. The number of ether oxygens (including phenoxy) is 1. The molecule has 34 heavy (non-hydrogen) atoms. The number of hydrazone groups is 1. The number of benzene rings is 2. The van der Waals surface area contributed by atoms with Crippen LogP contribution in [0.5, 0.6) is 5.75 Å². The van der Waals surface area contributed by atoms with Crippen molar-refractivity contribution in [1.82, 2.24) is 20.9 Å². The van der Waals surface area contributed by atoms with Crippen molar-refractivity contribution in [3.8, 4) is 5.75 Å². The molecule has 0 spiro atoms. The zero-order valence-electron chi connectivity index (χ0n) is 18.9. The lowest BCUT2D eigenvalue weighted by atomic mass is 10.1. The van der Waals surface area contributed by atoms with Gasteiger partial charge in [0.15, 0.2) is 0 Å². The van der Waals surface area contributed by atoms with Crippen LogP contribution in [0.25, 0.3) is 0 Å². The monoisotopic (exact) mass is 460 g/mol. The van der Waals surface area contributed by atoms with Gasteiger partial charge in [0.25, 0.3) is 0 Å². The third-order valence-electron chi connectivity index (χ3n) is 5.05. The van der Waals surface area contributed by atoms with E-state index in [9.17, 15) is 9.59 Å². The number of hydrogen-bond acceptors (Lipinski definition) is 7. The van der Waals surface area contributed by atoms with E-state index in [0.29, 0.717) is 24.5 Å². The molecule has 0 saturated heterocycles. The number of carbonyl (C=O) groups is 2. The Hall–Kier alpha value is -4.24. The number of nitrogens with two attached hydrogens (primary N) is 1. The summed E-state index contributed by atoms with van der Waals surface area (Å²) in [6.07, 6.45) is 3.18. The fourth-order valence-corrected chi connectivity index (χ4v) is 3.28. The van der Waals surface area contributed by atoms with Crippen LogP contribution in [-0.4, -0.2) is 36.7 Å². The van der Waals surface area contributed by atoms with Crippen molar-refractivity contribution in [3.63, 3.8) is 0 Å². The van der Waals surface area contributed by atoms with Gasteiger partial charge in [-0.2, -0.15) is 5.10 Å². The Morgan fingerprint density at radius 1 is 1.03 bits per heavy atom. The number of carbonyl (C=O) groups excluding carboxylic acids is 2. The summed E-state index contributed by atoms with van der Waals surface area (Å²) in [5.41, 5.74) is 3.25. The summed E-state index contributed by atoms with van der Waals surface area (Å²) in [6, 6.07) is 19.7. The van der Waals surface area contributed by atoms with E-state index in [2.05, 4.69) is 26.0 Å². The van der Waals surface area contributed by atoms with Crippen LogP contribution in [0, 0.1) is 0 Å². The van der Waals surface area contributed by atoms with Gasteiger partial charge in [0, 0.05) is 24.8 Å². The number of rotatable bonds is 11. The molecule has 9 nitrogen and oxygen atoms in total. The fourth-order valence-electron chi connectivity index (χ4n) is 3.28. The van der Waals surface area contributed by atoms with Crippen LogP contribution in [0.2, 0.25) is 0 Å². The molecule has 176 valence electrons. The summed E-state index contributed by atoms with van der Waals surface area (Å²) in [5.74, 6) is 5.21. The Kier molecular flexibility index (Phi) is 9.12. The highest BCUT2D eigenvalue weighted by atomic mass is 16.5. The molecule has 1 heterocycles. The molecule has 9 heteroatoms. The van der Waals surface area contributed by atoms with Crippen LogP contribution in [0.3, 0.4) is 0 Å². The van der Waals surface area contributed by atoms with E-state index in [-0.39, 0.29) is 18.4 Å². The normalized spacial score (nSPS) is 11.7. The summed E-state index contributed by atoms with van der Waals surface area (Å²) in [5, 5.41) is 12.2. The van der Waals surface area contributed by atoms with Crippen LogP contribution < -0.4 is 26.5 Å². The molecule has 3 aromatic rings. The first-order valence-corrected chi connectivity index (χ1v) is 10.7. The predicted octanol–water partition coefficient (Wildman–Crippen LogP) is 1.65. The maximum Gasteiger partial charge on any atom is 0.243 e. The van der Waals surface area contributed by atoms with Crippen molar-refractivity contribution >= 4 is 18.0 Å². The van der Waals surface area contributed by atoms with E-state index < -0.39 is 6.04 Å². The Labute approximate surface area is 198 Å². The molecule has 2 aromatic carbocycles. The average molecular weight is 461 g/mol. The van der Waals surface area contributed by atoms with Gasteiger partial charge in [0.1, 0.15) is 11.8 Å². The molecule has 5 N–H and O–H groups in total. The smallest absolute Gasteiger partial charge is 0.243 e. The van der Waals surface area contributed by atoms with Gasteiger partial charge >= 0.3 is 0 Å². The minimum absolute atomic E-state index is 0.161. The summed E-state index contributed by atoms with van der Waals surface area (Å²) in [6.45, 7) is 0.562. The molecular formula is C25H28N6O3. The Balaban J connectivity index is 1.57. The van der Waals surface area contributed by atoms with E-state index in [1.165, 1.54) is 0 Å². The maximum atomic E-state index is 12.9. The molecule has 1 aromatic heterocycles. The van der Waals surface area contributed by atoms with Gasteiger partial charge < -0.3 is 21.2 Å². The highest BCUT2D eigenvalue weighted by Crippen LogP contribution is 2.16. The van der Waals surface area contributed by atoms with E-state index in [0.717, 1.165) is 16.7 Å². The molecule has 2 amide bonds. The van der Waals surface area contributed by atoms with E-state index in [1.807, 2.05) is 54.6 Å². The third-order valence-corrected chi connectivity index (χ3v) is 5.05. The SMILES string of the molecule is COc1ccccc1CNC(=O)CNC(=O)C(NCc1ccc(C=NN)cc1)c1ccccn1. The number of nitrogens with zero attached hydrogens (tertiary/aromatic N) is 2. The molecule has 1 unspecified atom stereocenters. The Morgan fingerprint density at radius 2 is 1.79 bits per heavy atom. The van der Waals surface area contributed by atoms with Gasteiger partial charge in [0.2, 0.25) is 11.8 Å². The fraction of sp³-hybridized carbons (Fsp3) is 0.200. The number of amides is 2. The molecule has 0 bridgehead atoms. The quantitative estimate of drug-likeness (QED) is 0.196. The molecule has 0 fully saturated rings. The summed E-state index contributed by atoms with van der Waals surface area (Å²) in [7, 11) is 1.58. The molecule has 0 saturated carbocycles. The van der Waals surface area contributed by atoms with Crippen LogP contribution in [-0.2, 0) is 22.7 Å². The minimum atomic E-state index is -0.728. The van der Waals surface area contributed by atoms with Crippen molar-refractivity contribution in [3.05, 3.63) is 95.3 Å². The number of nitrogens with one attached hydrogen (secondary N) is 3. The van der Waals surface area contributed by atoms with Crippen molar-refractivity contribution < 1.29 is 14.3 Å². The van der Waals surface area contributed by atoms with Crippen molar-refractivity contribution in [2.24, 2.45) is 10.9 Å². The Bertz CT molecular complexity index is 1100. The summed E-state index contributed by atoms with van der Waals surface area (Å²) >= 11 is 0. The Morgan fingerprint density at radius 3 is 2.50 bits per heavy atom. The number of aromatic nitrogens is 1. The highest BCUT2D eigenvalue weighted by Gasteiger charge is 2.22. The standard InChI is InChI=1S/C25H28N6O3/c1-34-22-8-3-2-6-20(22)16-28-23(32)17-30-25(33)24(21-7-4-5-13-27-21)29-14-18-9-11-19(12-10-18)15-31-26/h2-13,15,24,29H,14,16-17,26H2,1H3,(H,28,32)(H,30,33). The van der Waals surface area contributed by atoms with Gasteiger partial charge in [0.05, 0.1) is 25.6 Å². The third kappa shape index (κ3) is 7.14. The van der Waals surface area contributed by atoms with E-state index in [1.54, 1.807) is 31.7 Å². The lowest BCUT2D eigenvalue weighted by molar-refractivity contribution is -0.127. The predicted molar refractivity (Wildman–Crippen MR) is 130 cm³/mol. The van der Waals surface area contributed by atoms with Gasteiger partial charge in [-0.25, -0.2) is 0 Å². The minimum Gasteiger partial charge on any atom is -0.496 e. The molecule has 0 aliphatic carbocycles. The number of methoxy groups -OCH3 is 1. The average Bonchev–Trinajstić information content (AvgIpc) is 2.88. The lowest BCUT2D eigenvalue weighted by Gasteiger charge is -2.18.